The summed E-state index contributed by atoms with van der Waals surface area (Å²) in [6.45, 7) is 3.72. The number of amides is 2. The summed E-state index contributed by atoms with van der Waals surface area (Å²) in [5, 5.41) is 8.45. The van der Waals surface area contributed by atoms with Crippen LogP contribution in [0.25, 0.3) is 10.9 Å². The van der Waals surface area contributed by atoms with E-state index in [0.29, 0.717) is 10.6 Å². The van der Waals surface area contributed by atoms with E-state index in [1.165, 1.54) is 0 Å². The van der Waals surface area contributed by atoms with Gasteiger partial charge in [0.15, 0.2) is 0 Å². The number of carbonyl (C=O) groups excluding carboxylic acids is 2. The van der Waals surface area contributed by atoms with Crippen molar-refractivity contribution in [2.75, 3.05) is 0 Å². The van der Waals surface area contributed by atoms with Crippen molar-refractivity contribution in [2.45, 2.75) is 19.9 Å². The third-order valence-corrected chi connectivity index (χ3v) is 4.90. The zero-order chi connectivity index (χ0) is 21.0. The molecule has 0 fully saturated rings. The van der Waals surface area contributed by atoms with Crippen molar-refractivity contribution in [3.05, 3.63) is 70.9 Å². The molecule has 1 heterocycles. The smallest absolute Gasteiger partial charge is 0.262 e. The van der Waals surface area contributed by atoms with Gasteiger partial charge < -0.3 is 9.88 Å². The Morgan fingerprint density at radius 1 is 1.10 bits per heavy atom. The van der Waals surface area contributed by atoms with Gasteiger partial charge in [0, 0.05) is 40.3 Å². The van der Waals surface area contributed by atoms with Crippen molar-refractivity contribution in [2.24, 2.45) is 18.1 Å². The first-order chi connectivity index (χ1) is 13.9. The highest BCUT2D eigenvalue weighted by Gasteiger charge is 2.24. The fourth-order valence-corrected chi connectivity index (χ4v) is 3.20. The number of aromatic nitrogens is 1. The van der Waals surface area contributed by atoms with Crippen LogP contribution in [-0.4, -0.2) is 28.6 Å². The Morgan fingerprint density at radius 2 is 1.79 bits per heavy atom. The van der Waals surface area contributed by atoms with Gasteiger partial charge >= 0.3 is 0 Å². The Kier molecular flexibility index (Phi) is 6.34. The molecule has 1 aromatic heterocycles. The van der Waals surface area contributed by atoms with E-state index in [4.69, 9.17) is 11.6 Å². The minimum atomic E-state index is -0.720. The molecule has 0 aliphatic carbocycles. The van der Waals surface area contributed by atoms with E-state index < -0.39 is 6.04 Å². The van der Waals surface area contributed by atoms with Crippen LogP contribution in [0.2, 0.25) is 5.02 Å². The fraction of sp³-hybridized carbons (Fsp3) is 0.227. The van der Waals surface area contributed by atoms with Crippen LogP contribution in [0.5, 0.6) is 0 Å². The van der Waals surface area contributed by atoms with Crippen LogP contribution in [0.1, 0.15) is 29.8 Å². The second-order valence-corrected chi connectivity index (χ2v) is 7.59. The predicted molar refractivity (Wildman–Crippen MR) is 116 cm³/mol. The Hall–Kier alpha value is -3.12. The number of nitrogens with zero attached hydrogens (tertiary/aromatic N) is 2. The molecule has 150 valence electrons. The molecule has 2 N–H and O–H groups in total. The molecule has 6 nitrogen and oxygen atoms in total. The van der Waals surface area contributed by atoms with E-state index in [-0.39, 0.29) is 17.7 Å². The molecule has 0 saturated heterocycles. The van der Waals surface area contributed by atoms with Crippen molar-refractivity contribution in [3.63, 3.8) is 0 Å². The lowest BCUT2D eigenvalue weighted by atomic mass is 10.0. The number of hydrazone groups is 1. The molecule has 0 spiro atoms. The number of benzene rings is 2. The molecular weight excluding hydrogens is 388 g/mol. The first-order valence-corrected chi connectivity index (χ1v) is 9.68. The molecule has 1 atom stereocenters. The first-order valence-electron chi connectivity index (χ1n) is 9.30. The quantitative estimate of drug-likeness (QED) is 0.480. The van der Waals surface area contributed by atoms with Gasteiger partial charge in [0.25, 0.3) is 11.8 Å². The van der Waals surface area contributed by atoms with E-state index in [1.54, 1.807) is 30.5 Å². The number of para-hydroxylation sites is 1. The molecule has 0 aliphatic rings. The number of hydrogen-bond donors (Lipinski definition) is 2. The third kappa shape index (κ3) is 4.84. The molecular formula is C22H23ClN4O2. The summed E-state index contributed by atoms with van der Waals surface area (Å²) in [7, 11) is 1.96. The Morgan fingerprint density at radius 3 is 2.48 bits per heavy atom. The lowest BCUT2D eigenvalue weighted by Crippen LogP contribution is -2.48. The van der Waals surface area contributed by atoms with Crippen LogP contribution in [0.4, 0.5) is 0 Å². The molecule has 0 aliphatic heterocycles. The molecule has 2 amide bonds. The SMILES string of the molecule is CC(C)C(NC(=O)c1ccc(Cl)cc1)C(=O)NN=Cc1cn(C)c2ccccc12. The van der Waals surface area contributed by atoms with Crippen molar-refractivity contribution in [1.29, 1.82) is 0 Å². The van der Waals surface area contributed by atoms with Gasteiger partial charge in [-0.3, -0.25) is 9.59 Å². The molecule has 0 radical (unpaired) electrons. The number of hydrogen-bond acceptors (Lipinski definition) is 3. The molecule has 3 rings (SSSR count). The highest BCUT2D eigenvalue weighted by Crippen LogP contribution is 2.18. The van der Waals surface area contributed by atoms with Crippen LogP contribution >= 0.6 is 11.6 Å². The lowest BCUT2D eigenvalue weighted by molar-refractivity contribution is -0.123. The number of rotatable bonds is 6. The van der Waals surface area contributed by atoms with Crippen molar-refractivity contribution in [3.8, 4) is 0 Å². The summed E-state index contributed by atoms with van der Waals surface area (Å²) in [5.41, 5.74) is 4.95. The van der Waals surface area contributed by atoms with E-state index in [0.717, 1.165) is 16.5 Å². The van der Waals surface area contributed by atoms with E-state index in [9.17, 15) is 9.59 Å². The topological polar surface area (TPSA) is 75.5 Å². The Labute approximate surface area is 174 Å². The summed E-state index contributed by atoms with van der Waals surface area (Å²) < 4.78 is 2.00. The summed E-state index contributed by atoms with van der Waals surface area (Å²) in [5.74, 6) is -0.827. The molecule has 0 bridgehead atoms. The highest BCUT2D eigenvalue weighted by molar-refractivity contribution is 6.30. The molecule has 3 aromatic rings. The van der Waals surface area contributed by atoms with Gasteiger partial charge in [-0.05, 0) is 36.2 Å². The number of halogens is 1. The Balaban J connectivity index is 1.68. The lowest BCUT2D eigenvalue weighted by Gasteiger charge is -2.20. The normalized spacial score (nSPS) is 12.4. The maximum Gasteiger partial charge on any atom is 0.262 e. The highest BCUT2D eigenvalue weighted by atomic mass is 35.5. The molecule has 0 saturated carbocycles. The average molecular weight is 411 g/mol. The van der Waals surface area contributed by atoms with Gasteiger partial charge in [0.1, 0.15) is 6.04 Å². The van der Waals surface area contributed by atoms with Gasteiger partial charge in [-0.15, -0.1) is 0 Å². The molecule has 29 heavy (non-hydrogen) atoms. The van der Waals surface area contributed by atoms with Crippen LogP contribution in [0.3, 0.4) is 0 Å². The van der Waals surface area contributed by atoms with Crippen molar-refractivity contribution in [1.82, 2.24) is 15.3 Å². The zero-order valence-electron chi connectivity index (χ0n) is 16.5. The summed E-state index contributed by atoms with van der Waals surface area (Å²) in [4.78, 5) is 25.0. The zero-order valence-corrected chi connectivity index (χ0v) is 17.3. The summed E-state index contributed by atoms with van der Waals surface area (Å²) in [6, 6.07) is 13.7. The second kappa shape index (κ2) is 8.92. The number of fused-ring (bicyclic) bond motifs is 1. The average Bonchev–Trinajstić information content (AvgIpc) is 3.02. The number of nitrogens with one attached hydrogen (secondary N) is 2. The monoisotopic (exact) mass is 410 g/mol. The van der Waals surface area contributed by atoms with Gasteiger partial charge in [-0.2, -0.15) is 5.10 Å². The van der Waals surface area contributed by atoms with Gasteiger partial charge in [0.2, 0.25) is 0 Å². The maximum atomic E-state index is 12.6. The summed E-state index contributed by atoms with van der Waals surface area (Å²) >= 11 is 5.86. The summed E-state index contributed by atoms with van der Waals surface area (Å²) in [6.07, 6.45) is 3.56. The number of carbonyl (C=O) groups is 2. The van der Waals surface area contributed by atoms with E-state index in [2.05, 4.69) is 15.8 Å². The molecule has 1 unspecified atom stereocenters. The van der Waals surface area contributed by atoms with Gasteiger partial charge in [0.05, 0.1) is 6.21 Å². The standard InChI is InChI=1S/C22H23ClN4O2/c1-14(2)20(25-21(28)15-8-10-17(23)11-9-15)22(29)26-24-12-16-13-27(3)19-7-5-4-6-18(16)19/h4-14,20H,1-3H3,(H,25,28)(H,26,29). The minimum Gasteiger partial charge on any atom is -0.350 e. The third-order valence-electron chi connectivity index (χ3n) is 4.65. The molecule has 7 heteroatoms. The van der Waals surface area contributed by atoms with Gasteiger partial charge in [-0.25, -0.2) is 5.43 Å². The van der Waals surface area contributed by atoms with Crippen molar-refractivity contribution < 1.29 is 9.59 Å². The van der Waals surface area contributed by atoms with Crippen LogP contribution in [0, 0.1) is 5.92 Å². The first kappa shape index (κ1) is 20.6. The molecule has 2 aromatic carbocycles. The number of aryl methyl sites for hydroxylation is 1. The largest absolute Gasteiger partial charge is 0.350 e. The van der Waals surface area contributed by atoms with Gasteiger partial charge in [-0.1, -0.05) is 43.6 Å². The van der Waals surface area contributed by atoms with E-state index in [1.807, 2.05) is 55.9 Å². The predicted octanol–water partition coefficient (Wildman–Crippen LogP) is 3.74. The second-order valence-electron chi connectivity index (χ2n) is 7.15. The van der Waals surface area contributed by atoms with Crippen LogP contribution < -0.4 is 10.7 Å². The van der Waals surface area contributed by atoms with Crippen molar-refractivity contribution >= 4 is 40.5 Å². The van der Waals surface area contributed by atoms with Crippen LogP contribution in [0.15, 0.2) is 59.8 Å². The van der Waals surface area contributed by atoms with E-state index >= 15 is 0 Å². The Bertz CT molecular complexity index is 1050. The minimum absolute atomic E-state index is 0.112. The van der Waals surface area contributed by atoms with Crippen LogP contribution in [-0.2, 0) is 11.8 Å². The fourth-order valence-electron chi connectivity index (χ4n) is 3.07. The maximum absolute atomic E-state index is 12.6.